The third-order valence-corrected chi connectivity index (χ3v) is 4.75. The van der Waals surface area contributed by atoms with Crippen molar-refractivity contribution >= 4 is 7.12 Å². The number of aryl methyl sites for hydroxylation is 1. The highest BCUT2D eigenvalue weighted by molar-refractivity contribution is 6.47. The van der Waals surface area contributed by atoms with Crippen LogP contribution in [-0.4, -0.2) is 27.4 Å². The molecule has 0 radical (unpaired) electrons. The molecule has 1 fully saturated rings. The van der Waals surface area contributed by atoms with Gasteiger partial charge in [0.2, 0.25) is 0 Å². The van der Waals surface area contributed by atoms with Crippen molar-refractivity contribution in [1.82, 2.24) is 0 Å². The molecule has 0 N–H and O–H groups in total. The van der Waals surface area contributed by atoms with Crippen molar-refractivity contribution in [3.8, 4) is 5.75 Å². The van der Waals surface area contributed by atoms with Gasteiger partial charge in [-0.1, -0.05) is 57.2 Å². The van der Waals surface area contributed by atoms with Crippen molar-refractivity contribution in [3.05, 3.63) is 65.2 Å². The zero-order valence-electron chi connectivity index (χ0n) is 15.6. The first kappa shape index (κ1) is 18.0. The summed E-state index contributed by atoms with van der Waals surface area (Å²) in [6.07, 6.45) is 1.04. The van der Waals surface area contributed by atoms with E-state index in [1.165, 1.54) is 11.1 Å². The summed E-state index contributed by atoms with van der Waals surface area (Å²) in [5.41, 5.74) is 3.74. The summed E-state index contributed by atoms with van der Waals surface area (Å²) in [5.74, 6) is 0.876. The Balaban J connectivity index is 1.95. The molecule has 0 aromatic heterocycles. The van der Waals surface area contributed by atoms with E-state index in [2.05, 4.69) is 57.2 Å². The highest BCUT2D eigenvalue weighted by Gasteiger charge is 2.39. The summed E-state index contributed by atoms with van der Waals surface area (Å²) in [6.45, 7) is 7.90. The van der Waals surface area contributed by atoms with Gasteiger partial charge in [-0.2, -0.15) is 0 Å². The number of hydrogen-bond donors (Lipinski definition) is 0. The first-order valence-electron chi connectivity index (χ1n) is 8.98. The Morgan fingerprint density at radius 1 is 1.04 bits per heavy atom. The Labute approximate surface area is 151 Å². The Hall–Kier alpha value is -1.78. The predicted octanol–water partition coefficient (Wildman–Crippen LogP) is 4.49. The molecule has 4 heteroatoms. The van der Waals surface area contributed by atoms with Crippen LogP contribution >= 0.6 is 0 Å². The molecule has 1 atom stereocenters. The average molecular weight is 338 g/mol. The molecule has 0 amide bonds. The van der Waals surface area contributed by atoms with Gasteiger partial charge in [0.25, 0.3) is 0 Å². The van der Waals surface area contributed by atoms with E-state index >= 15 is 0 Å². The second kappa shape index (κ2) is 7.63. The van der Waals surface area contributed by atoms with Crippen LogP contribution in [0.2, 0.25) is 0 Å². The van der Waals surface area contributed by atoms with Crippen molar-refractivity contribution < 1.29 is 14.0 Å². The molecule has 132 valence electrons. The minimum atomic E-state index is -0.285. The number of rotatable bonds is 5. The van der Waals surface area contributed by atoms with Crippen molar-refractivity contribution in [3.63, 3.8) is 0 Å². The maximum Gasteiger partial charge on any atom is 0.469 e. The summed E-state index contributed by atoms with van der Waals surface area (Å²) in [5, 5.41) is 0. The Bertz CT molecular complexity index is 687. The topological polar surface area (TPSA) is 27.7 Å². The largest absolute Gasteiger partial charge is 0.497 e. The summed E-state index contributed by atoms with van der Waals surface area (Å²) < 4.78 is 17.7. The summed E-state index contributed by atoms with van der Waals surface area (Å²) in [4.78, 5) is 0. The lowest BCUT2D eigenvalue weighted by atomic mass is 9.63. The average Bonchev–Trinajstić information content (AvgIpc) is 2.64. The minimum Gasteiger partial charge on any atom is -0.497 e. The third kappa shape index (κ3) is 4.25. The van der Waals surface area contributed by atoms with Gasteiger partial charge in [-0.3, -0.25) is 0 Å². The molecular weight excluding hydrogens is 311 g/mol. The summed E-state index contributed by atoms with van der Waals surface area (Å²) in [6, 6.07) is 16.9. The molecule has 0 aliphatic carbocycles. The minimum absolute atomic E-state index is 0.0251. The van der Waals surface area contributed by atoms with E-state index in [1.807, 2.05) is 12.1 Å². The quantitative estimate of drug-likeness (QED) is 0.752. The lowest BCUT2D eigenvalue weighted by molar-refractivity contribution is 0.0257. The van der Waals surface area contributed by atoms with Crippen LogP contribution < -0.4 is 4.74 Å². The second-order valence-electron chi connectivity index (χ2n) is 7.50. The summed E-state index contributed by atoms with van der Waals surface area (Å²) >= 11 is 0. The van der Waals surface area contributed by atoms with Crippen molar-refractivity contribution in [2.75, 3.05) is 20.3 Å². The predicted molar refractivity (Wildman–Crippen MR) is 102 cm³/mol. The zero-order chi connectivity index (χ0) is 17.9. The number of ether oxygens (including phenoxy) is 1. The molecule has 1 heterocycles. The highest BCUT2D eigenvalue weighted by atomic mass is 16.6. The molecule has 2 aromatic carbocycles. The van der Waals surface area contributed by atoms with Gasteiger partial charge in [-0.25, -0.2) is 0 Å². The molecule has 25 heavy (non-hydrogen) atoms. The molecule has 3 nitrogen and oxygen atoms in total. The monoisotopic (exact) mass is 338 g/mol. The fraction of sp³-hybridized carbons (Fsp3) is 0.429. The first-order chi connectivity index (χ1) is 12.0. The van der Waals surface area contributed by atoms with Gasteiger partial charge in [0.05, 0.1) is 7.11 Å². The standard InChI is InChI=1S/C21H27BO3/c1-5-16-9-11-17(12-10-16)20(18-7-6-8-19(13-18)23-4)22-24-14-21(2,3)15-25-22/h6-13,20H,5,14-15H2,1-4H3/t20-/m0/s1. The maximum absolute atomic E-state index is 6.13. The van der Waals surface area contributed by atoms with E-state index in [-0.39, 0.29) is 18.4 Å². The molecule has 0 saturated carbocycles. The van der Waals surface area contributed by atoms with Crippen LogP contribution in [0.15, 0.2) is 48.5 Å². The van der Waals surface area contributed by atoms with Gasteiger partial charge in [0.15, 0.2) is 0 Å². The number of hydrogen-bond acceptors (Lipinski definition) is 3. The van der Waals surface area contributed by atoms with E-state index in [9.17, 15) is 0 Å². The highest BCUT2D eigenvalue weighted by Crippen LogP contribution is 2.34. The van der Waals surface area contributed by atoms with Crippen LogP contribution in [0.5, 0.6) is 5.75 Å². The maximum atomic E-state index is 6.13. The molecule has 3 rings (SSSR count). The van der Waals surface area contributed by atoms with E-state index < -0.39 is 0 Å². The van der Waals surface area contributed by atoms with Gasteiger partial charge in [0.1, 0.15) is 5.75 Å². The molecule has 0 spiro atoms. The molecule has 2 aromatic rings. The number of methoxy groups -OCH3 is 1. The first-order valence-corrected chi connectivity index (χ1v) is 8.98. The lowest BCUT2D eigenvalue weighted by Crippen LogP contribution is -2.44. The van der Waals surface area contributed by atoms with Crippen LogP contribution in [0.1, 0.15) is 43.3 Å². The Morgan fingerprint density at radius 2 is 1.72 bits per heavy atom. The number of benzene rings is 2. The molecule has 0 bridgehead atoms. The third-order valence-electron chi connectivity index (χ3n) is 4.75. The summed E-state index contributed by atoms with van der Waals surface area (Å²) in [7, 11) is 1.41. The van der Waals surface area contributed by atoms with Gasteiger partial charge >= 0.3 is 7.12 Å². The van der Waals surface area contributed by atoms with Crippen LogP contribution in [0.4, 0.5) is 0 Å². The lowest BCUT2D eigenvalue weighted by Gasteiger charge is -2.36. The molecule has 0 unspecified atom stereocenters. The van der Waals surface area contributed by atoms with E-state index in [0.717, 1.165) is 17.7 Å². The van der Waals surface area contributed by atoms with Gasteiger partial charge in [-0.05, 0) is 35.2 Å². The Morgan fingerprint density at radius 3 is 2.32 bits per heavy atom. The van der Waals surface area contributed by atoms with Gasteiger partial charge < -0.3 is 14.0 Å². The van der Waals surface area contributed by atoms with Crippen LogP contribution in [0.25, 0.3) is 0 Å². The molecule has 1 saturated heterocycles. The van der Waals surface area contributed by atoms with Crippen molar-refractivity contribution in [2.24, 2.45) is 5.41 Å². The normalized spacial score (nSPS) is 18.0. The van der Waals surface area contributed by atoms with E-state index in [4.69, 9.17) is 14.0 Å². The van der Waals surface area contributed by atoms with Gasteiger partial charge in [-0.15, -0.1) is 0 Å². The second-order valence-corrected chi connectivity index (χ2v) is 7.50. The van der Waals surface area contributed by atoms with E-state index in [1.54, 1.807) is 7.11 Å². The van der Waals surface area contributed by atoms with Gasteiger partial charge in [0, 0.05) is 24.4 Å². The molecule has 1 aliphatic rings. The fourth-order valence-corrected chi connectivity index (χ4v) is 3.20. The zero-order valence-corrected chi connectivity index (χ0v) is 15.6. The van der Waals surface area contributed by atoms with E-state index in [0.29, 0.717) is 13.2 Å². The smallest absolute Gasteiger partial charge is 0.469 e. The van der Waals surface area contributed by atoms with Crippen molar-refractivity contribution in [1.29, 1.82) is 0 Å². The van der Waals surface area contributed by atoms with Crippen LogP contribution in [0.3, 0.4) is 0 Å². The fourth-order valence-electron chi connectivity index (χ4n) is 3.20. The van der Waals surface area contributed by atoms with Crippen LogP contribution in [0, 0.1) is 5.41 Å². The van der Waals surface area contributed by atoms with Crippen LogP contribution in [-0.2, 0) is 15.7 Å². The molecule has 1 aliphatic heterocycles. The molecular formula is C21H27BO3. The van der Waals surface area contributed by atoms with Crippen molar-refractivity contribution in [2.45, 2.75) is 33.0 Å². The Kier molecular flexibility index (Phi) is 5.50. The SMILES string of the molecule is CCc1ccc([C@H](B2OCC(C)(C)CO2)c2cccc(OC)c2)cc1.